The van der Waals surface area contributed by atoms with Gasteiger partial charge in [0.1, 0.15) is 0 Å². The SMILES string of the molecule is COc1ccnc(Nc2cc(C)cc(-c3ccc(CCC(=O)O)cn3)c2)n1. The Hall–Kier alpha value is -3.48. The lowest BCUT2D eigenvalue weighted by Gasteiger charge is -2.10. The summed E-state index contributed by atoms with van der Waals surface area (Å²) in [5.41, 5.74) is 4.57. The third-order valence-electron chi connectivity index (χ3n) is 3.92. The van der Waals surface area contributed by atoms with E-state index >= 15 is 0 Å². The molecule has 0 bridgehead atoms. The number of nitrogens with zero attached hydrogens (tertiary/aromatic N) is 3. The molecule has 1 aromatic carbocycles. The average Bonchev–Trinajstić information content (AvgIpc) is 2.66. The fourth-order valence-electron chi connectivity index (χ4n) is 2.64. The summed E-state index contributed by atoms with van der Waals surface area (Å²) in [6.07, 6.45) is 3.91. The highest BCUT2D eigenvalue weighted by atomic mass is 16.5. The molecule has 7 heteroatoms. The lowest BCUT2D eigenvalue weighted by atomic mass is 10.1. The van der Waals surface area contributed by atoms with Crippen molar-refractivity contribution in [3.63, 3.8) is 0 Å². The Morgan fingerprint density at radius 2 is 2.04 bits per heavy atom. The monoisotopic (exact) mass is 364 g/mol. The zero-order valence-corrected chi connectivity index (χ0v) is 15.1. The number of hydrogen-bond acceptors (Lipinski definition) is 6. The highest BCUT2D eigenvalue weighted by molar-refractivity contribution is 5.69. The number of rotatable bonds is 7. The van der Waals surface area contributed by atoms with Gasteiger partial charge in [-0.1, -0.05) is 6.07 Å². The van der Waals surface area contributed by atoms with Crippen molar-refractivity contribution < 1.29 is 14.6 Å². The molecule has 0 saturated heterocycles. The molecule has 0 radical (unpaired) electrons. The van der Waals surface area contributed by atoms with Gasteiger partial charge in [-0.3, -0.25) is 9.78 Å². The van der Waals surface area contributed by atoms with E-state index in [1.54, 1.807) is 25.6 Å². The molecule has 2 aromatic heterocycles. The zero-order valence-electron chi connectivity index (χ0n) is 15.1. The first kappa shape index (κ1) is 18.3. The molecule has 138 valence electrons. The van der Waals surface area contributed by atoms with Crippen molar-refractivity contribution in [1.29, 1.82) is 0 Å². The molecule has 0 atom stereocenters. The van der Waals surface area contributed by atoms with Gasteiger partial charge in [0.25, 0.3) is 0 Å². The normalized spacial score (nSPS) is 10.4. The Bertz CT molecular complexity index is 942. The number of methoxy groups -OCH3 is 1. The van der Waals surface area contributed by atoms with Crippen molar-refractivity contribution in [2.45, 2.75) is 19.8 Å². The molecule has 27 heavy (non-hydrogen) atoms. The summed E-state index contributed by atoms with van der Waals surface area (Å²) >= 11 is 0. The van der Waals surface area contributed by atoms with Crippen molar-refractivity contribution in [3.05, 3.63) is 59.9 Å². The minimum absolute atomic E-state index is 0.0973. The van der Waals surface area contributed by atoms with E-state index in [0.717, 1.165) is 28.1 Å². The van der Waals surface area contributed by atoms with Crippen LogP contribution in [0.15, 0.2) is 48.8 Å². The average molecular weight is 364 g/mol. The first-order valence-electron chi connectivity index (χ1n) is 8.46. The molecular formula is C20H20N4O3. The second-order valence-corrected chi connectivity index (χ2v) is 6.08. The second kappa shape index (κ2) is 8.27. The summed E-state index contributed by atoms with van der Waals surface area (Å²) in [5, 5.41) is 12.0. The summed E-state index contributed by atoms with van der Waals surface area (Å²) in [4.78, 5) is 23.6. The van der Waals surface area contributed by atoms with Gasteiger partial charge in [-0.25, -0.2) is 4.98 Å². The van der Waals surface area contributed by atoms with E-state index in [1.165, 1.54) is 0 Å². The van der Waals surface area contributed by atoms with Crippen LogP contribution in [0.4, 0.5) is 11.6 Å². The van der Waals surface area contributed by atoms with E-state index in [0.29, 0.717) is 18.2 Å². The maximum atomic E-state index is 10.7. The molecule has 0 aliphatic rings. The van der Waals surface area contributed by atoms with E-state index in [9.17, 15) is 4.79 Å². The molecule has 0 saturated carbocycles. The van der Waals surface area contributed by atoms with Crippen LogP contribution in [0.1, 0.15) is 17.5 Å². The van der Waals surface area contributed by atoms with Crippen LogP contribution in [0.25, 0.3) is 11.3 Å². The Morgan fingerprint density at radius 3 is 2.74 bits per heavy atom. The van der Waals surface area contributed by atoms with Gasteiger partial charge < -0.3 is 15.2 Å². The van der Waals surface area contributed by atoms with E-state index < -0.39 is 5.97 Å². The molecular weight excluding hydrogens is 344 g/mol. The molecule has 0 unspecified atom stereocenters. The molecule has 2 heterocycles. The summed E-state index contributed by atoms with van der Waals surface area (Å²) in [6.45, 7) is 2.00. The van der Waals surface area contributed by atoms with Crippen LogP contribution in [-0.4, -0.2) is 33.1 Å². The molecule has 3 aromatic rings. The Labute approximate surface area is 157 Å². The highest BCUT2D eigenvalue weighted by Gasteiger charge is 2.06. The fourth-order valence-corrected chi connectivity index (χ4v) is 2.64. The smallest absolute Gasteiger partial charge is 0.303 e. The van der Waals surface area contributed by atoms with Gasteiger partial charge in [0, 0.05) is 36.1 Å². The molecule has 0 aliphatic carbocycles. The van der Waals surface area contributed by atoms with Crippen LogP contribution < -0.4 is 10.1 Å². The number of carboxylic acid groups (broad SMARTS) is 1. The maximum Gasteiger partial charge on any atom is 0.303 e. The van der Waals surface area contributed by atoms with Gasteiger partial charge in [-0.05, 0) is 48.7 Å². The molecule has 0 aliphatic heterocycles. The van der Waals surface area contributed by atoms with Crippen molar-refractivity contribution >= 4 is 17.6 Å². The Balaban J connectivity index is 1.81. The number of aryl methyl sites for hydroxylation is 2. The second-order valence-electron chi connectivity index (χ2n) is 6.08. The minimum Gasteiger partial charge on any atom is -0.481 e. The third-order valence-corrected chi connectivity index (χ3v) is 3.92. The third kappa shape index (κ3) is 5.01. The number of aromatic nitrogens is 3. The predicted octanol–water partition coefficient (Wildman–Crippen LogP) is 3.62. The molecule has 0 amide bonds. The van der Waals surface area contributed by atoms with Crippen LogP contribution >= 0.6 is 0 Å². The molecule has 3 rings (SSSR count). The summed E-state index contributed by atoms with van der Waals surface area (Å²) in [7, 11) is 1.56. The largest absolute Gasteiger partial charge is 0.481 e. The standard InChI is InChI=1S/C20H20N4O3/c1-13-9-15(17-5-3-14(12-22-17)4-6-19(25)26)11-16(10-13)23-20-21-8-7-18(24-20)27-2/h3,5,7-12H,4,6H2,1-2H3,(H,25,26)(H,21,23,24). The van der Waals surface area contributed by atoms with Crippen molar-refractivity contribution in [2.75, 3.05) is 12.4 Å². The number of aliphatic carboxylic acids is 1. The van der Waals surface area contributed by atoms with E-state index in [4.69, 9.17) is 9.84 Å². The van der Waals surface area contributed by atoms with Crippen molar-refractivity contribution in [1.82, 2.24) is 15.0 Å². The summed E-state index contributed by atoms with van der Waals surface area (Å²) in [5.74, 6) is 0.120. The quantitative estimate of drug-likeness (QED) is 0.661. The first-order valence-corrected chi connectivity index (χ1v) is 8.46. The Kier molecular flexibility index (Phi) is 5.61. The van der Waals surface area contributed by atoms with Gasteiger partial charge in [-0.2, -0.15) is 4.98 Å². The van der Waals surface area contributed by atoms with E-state index in [2.05, 4.69) is 20.3 Å². The molecule has 7 nitrogen and oxygen atoms in total. The van der Waals surface area contributed by atoms with Crippen LogP contribution in [0.5, 0.6) is 5.88 Å². The number of pyridine rings is 1. The molecule has 0 spiro atoms. The van der Waals surface area contributed by atoms with E-state index in [-0.39, 0.29) is 6.42 Å². The number of carbonyl (C=O) groups is 1. The number of ether oxygens (including phenoxy) is 1. The number of carboxylic acids is 1. The van der Waals surface area contributed by atoms with Gasteiger partial charge in [0.15, 0.2) is 0 Å². The molecule has 0 fully saturated rings. The predicted molar refractivity (Wildman–Crippen MR) is 102 cm³/mol. The van der Waals surface area contributed by atoms with Crippen LogP contribution in [-0.2, 0) is 11.2 Å². The van der Waals surface area contributed by atoms with Crippen LogP contribution in [0.2, 0.25) is 0 Å². The zero-order chi connectivity index (χ0) is 19.2. The lowest BCUT2D eigenvalue weighted by Crippen LogP contribution is -1.99. The highest BCUT2D eigenvalue weighted by Crippen LogP contribution is 2.25. The number of anilines is 2. The van der Waals surface area contributed by atoms with Crippen molar-refractivity contribution in [2.24, 2.45) is 0 Å². The van der Waals surface area contributed by atoms with Gasteiger partial charge >= 0.3 is 5.97 Å². The van der Waals surface area contributed by atoms with Gasteiger partial charge in [0.2, 0.25) is 11.8 Å². The number of nitrogens with one attached hydrogen (secondary N) is 1. The number of hydrogen-bond donors (Lipinski definition) is 2. The van der Waals surface area contributed by atoms with Crippen LogP contribution in [0, 0.1) is 6.92 Å². The first-order chi connectivity index (χ1) is 13.0. The Morgan fingerprint density at radius 1 is 1.19 bits per heavy atom. The number of benzene rings is 1. The molecule has 2 N–H and O–H groups in total. The minimum atomic E-state index is -0.812. The van der Waals surface area contributed by atoms with Crippen LogP contribution in [0.3, 0.4) is 0 Å². The van der Waals surface area contributed by atoms with Gasteiger partial charge in [0.05, 0.1) is 12.8 Å². The summed E-state index contributed by atoms with van der Waals surface area (Å²) in [6, 6.07) is 11.5. The topological polar surface area (TPSA) is 97.2 Å². The van der Waals surface area contributed by atoms with E-state index in [1.807, 2.05) is 37.3 Å². The fraction of sp³-hybridized carbons (Fsp3) is 0.200. The van der Waals surface area contributed by atoms with Gasteiger partial charge in [-0.15, -0.1) is 0 Å². The van der Waals surface area contributed by atoms with Crippen molar-refractivity contribution in [3.8, 4) is 17.1 Å². The summed E-state index contributed by atoms with van der Waals surface area (Å²) < 4.78 is 5.12. The lowest BCUT2D eigenvalue weighted by molar-refractivity contribution is -0.136. The maximum absolute atomic E-state index is 10.7.